The maximum absolute atomic E-state index is 4.29. The van der Waals surface area contributed by atoms with Crippen LogP contribution in [-0.4, -0.2) is 9.78 Å². The van der Waals surface area contributed by atoms with Crippen LogP contribution in [0.2, 0.25) is 0 Å². The summed E-state index contributed by atoms with van der Waals surface area (Å²) in [6, 6.07) is 6.62. The predicted molar refractivity (Wildman–Crippen MR) is 62.0 cm³/mol. The van der Waals surface area contributed by atoms with Gasteiger partial charge in [-0.15, -0.1) is 0 Å². The molecule has 0 amide bonds. The highest BCUT2D eigenvalue weighted by Gasteiger charge is 1.98. The van der Waals surface area contributed by atoms with Crippen LogP contribution in [0.5, 0.6) is 0 Å². The summed E-state index contributed by atoms with van der Waals surface area (Å²) in [6.07, 6.45) is 3.96. The van der Waals surface area contributed by atoms with E-state index in [1.165, 1.54) is 22.3 Å². The molecule has 2 rings (SSSR count). The molecule has 2 aromatic rings. The highest BCUT2D eigenvalue weighted by Crippen LogP contribution is 2.10. The van der Waals surface area contributed by atoms with Gasteiger partial charge in [-0.05, 0) is 31.9 Å². The molecule has 0 N–H and O–H groups in total. The third-order valence-corrected chi connectivity index (χ3v) is 2.39. The lowest BCUT2D eigenvalue weighted by molar-refractivity contribution is 0.686. The van der Waals surface area contributed by atoms with E-state index in [1.807, 2.05) is 10.9 Å². The van der Waals surface area contributed by atoms with Gasteiger partial charge in [0.1, 0.15) is 0 Å². The molecular formula is C13H16N2. The molecule has 2 heteroatoms. The molecule has 1 heterocycles. The number of aromatic nitrogens is 2. The van der Waals surface area contributed by atoms with Gasteiger partial charge in [0.05, 0.1) is 12.7 Å². The lowest BCUT2D eigenvalue weighted by Gasteiger charge is -2.05. The van der Waals surface area contributed by atoms with E-state index in [0.717, 1.165) is 6.54 Å². The van der Waals surface area contributed by atoms with E-state index < -0.39 is 0 Å². The standard InChI is InChI=1S/C13H16N2/c1-10-4-11(2)6-13(5-10)9-15-8-12(3)7-14-15/h4-8H,9H2,1-3H3. The van der Waals surface area contributed by atoms with Crippen LogP contribution in [0.1, 0.15) is 22.3 Å². The minimum Gasteiger partial charge on any atom is -0.268 e. The quantitative estimate of drug-likeness (QED) is 0.729. The number of hydrogen-bond acceptors (Lipinski definition) is 1. The van der Waals surface area contributed by atoms with Crippen LogP contribution < -0.4 is 0 Å². The van der Waals surface area contributed by atoms with Crippen LogP contribution in [0.3, 0.4) is 0 Å². The molecule has 0 unspecified atom stereocenters. The molecule has 0 atom stereocenters. The van der Waals surface area contributed by atoms with Crippen molar-refractivity contribution in [3.63, 3.8) is 0 Å². The first-order valence-electron chi connectivity index (χ1n) is 5.20. The first-order valence-corrected chi connectivity index (χ1v) is 5.20. The van der Waals surface area contributed by atoms with Crippen molar-refractivity contribution < 1.29 is 0 Å². The van der Waals surface area contributed by atoms with Gasteiger partial charge in [-0.25, -0.2) is 0 Å². The second-order valence-electron chi connectivity index (χ2n) is 4.21. The number of hydrogen-bond donors (Lipinski definition) is 0. The zero-order valence-corrected chi connectivity index (χ0v) is 9.49. The highest BCUT2D eigenvalue weighted by atomic mass is 15.3. The van der Waals surface area contributed by atoms with Crippen molar-refractivity contribution in [2.75, 3.05) is 0 Å². The summed E-state index contributed by atoms with van der Waals surface area (Å²) >= 11 is 0. The van der Waals surface area contributed by atoms with E-state index >= 15 is 0 Å². The van der Waals surface area contributed by atoms with Gasteiger partial charge in [-0.3, -0.25) is 4.68 Å². The number of aryl methyl sites for hydroxylation is 3. The third-order valence-electron chi connectivity index (χ3n) is 2.39. The van der Waals surface area contributed by atoms with Crippen molar-refractivity contribution >= 4 is 0 Å². The summed E-state index contributed by atoms with van der Waals surface area (Å²) in [5.74, 6) is 0. The average Bonchev–Trinajstić information content (AvgIpc) is 2.49. The Morgan fingerprint density at radius 2 is 1.67 bits per heavy atom. The fraction of sp³-hybridized carbons (Fsp3) is 0.308. The lowest BCUT2D eigenvalue weighted by Crippen LogP contribution is -2.00. The van der Waals surface area contributed by atoms with Gasteiger partial charge < -0.3 is 0 Å². The third kappa shape index (κ3) is 2.46. The Balaban J connectivity index is 2.24. The van der Waals surface area contributed by atoms with E-state index in [0.29, 0.717) is 0 Å². The summed E-state index contributed by atoms with van der Waals surface area (Å²) in [7, 11) is 0. The average molecular weight is 200 g/mol. The number of nitrogens with zero attached hydrogens (tertiary/aromatic N) is 2. The van der Waals surface area contributed by atoms with Crippen LogP contribution >= 0.6 is 0 Å². The summed E-state index contributed by atoms with van der Waals surface area (Å²) < 4.78 is 1.98. The zero-order valence-electron chi connectivity index (χ0n) is 9.49. The lowest BCUT2D eigenvalue weighted by atomic mass is 10.1. The highest BCUT2D eigenvalue weighted by molar-refractivity contribution is 5.28. The van der Waals surface area contributed by atoms with Crippen LogP contribution in [-0.2, 0) is 6.54 Å². The monoisotopic (exact) mass is 200 g/mol. The molecule has 78 valence electrons. The van der Waals surface area contributed by atoms with Crippen molar-refractivity contribution in [1.82, 2.24) is 9.78 Å². The molecule has 2 nitrogen and oxygen atoms in total. The SMILES string of the molecule is Cc1cc(C)cc(Cn2cc(C)cn2)c1. The molecule has 0 aliphatic carbocycles. The molecular weight excluding hydrogens is 184 g/mol. The maximum atomic E-state index is 4.29. The second kappa shape index (κ2) is 3.89. The van der Waals surface area contributed by atoms with E-state index in [1.54, 1.807) is 0 Å². The fourth-order valence-electron chi connectivity index (χ4n) is 1.90. The molecule has 0 radical (unpaired) electrons. The van der Waals surface area contributed by atoms with E-state index in [2.05, 4.69) is 50.3 Å². The zero-order chi connectivity index (χ0) is 10.8. The first-order chi connectivity index (χ1) is 7.13. The molecule has 0 aliphatic rings. The van der Waals surface area contributed by atoms with E-state index in [4.69, 9.17) is 0 Å². The Labute approximate surface area is 90.6 Å². The molecule has 0 spiro atoms. The Kier molecular flexibility index (Phi) is 2.58. The normalized spacial score (nSPS) is 10.6. The fourth-order valence-corrected chi connectivity index (χ4v) is 1.90. The minimum atomic E-state index is 0.857. The van der Waals surface area contributed by atoms with Gasteiger partial charge in [0.15, 0.2) is 0 Å². The topological polar surface area (TPSA) is 17.8 Å². The van der Waals surface area contributed by atoms with Crippen LogP contribution in [0.25, 0.3) is 0 Å². The Morgan fingerprint density at radius 1 is 1.00 bits per heavy atom. The summed E-state index contributed by atoms with van der Waals surface area (Å²) in [4.78, 5) is 0. The summed E-state index contributed by atoms with van der Waals surface area (Å²) in [6.45, 7) is 7.18. The summed E-state index contributed by atoms with van der Waals surface area (Å²) in [5.41, 5.74) is 5.15. The Morgan fingerprint density at radius 3 is 2.20 bits per heavy atom. The van der Waals surface area contributed by atoms with Crippen LogP contribution in [0.15, 0.2) is 30.6 Å². The van der Waals surface area contributed by atoms with Crippen molar-refractivity contribution in [1.29, 1.82) is 0 Å². The summed E-state index contributed by atoms with van der Waals surface area (Å²) in [5, 5.41) is 4.29. The first kappa shape index (κ1) is 9.97. The van der Waals surface area contributed by atoms with Crippen molar-refractivity contribution in [3.05, 3.63) is 52.8 Å². The molecule has 0 saturated heterocycles. The van der Waals surface area contributed by atoms with Crippen molar-refractivity contribution in [2.45, 2.75) is 27.3 Å². The molecule has 15 heavy (non-hydrogen) atoms. The van der Waals surface area contributed by atoms with Gasteiger partial charge in [0, 0.05) is 6.20 Å². The number of benzene rings is 1. The molecule has 0 bridgehead atoms. The minimum absolute atomic E-state index is 0.857. The maximum Gasteiger partial charge on any atom is 0.0659 e. The molecule has 1 aromatic carbocycles. The Bertz CT molecular complexity index is 449. The van der Waals surface area contributed by atoms with Gasteiger partial charge in [0.2, 0.25) is 0 Å². The van der Waals surface area contributed by atoms with Gasteiger partial charge in [-0.1, -0.05) is 29.3 Å². The molecule has 0 fully saturated rings. The van der Waals surface area contributed by atoms with Gasteiger partial charge in [0.25, 0.3) is 0 Å². The van der Waals surface area contributed by atoms with Crippen LogP contribution in [0.4, 0.5) is 0 Å². The van der Waals surface area contributed by atoms with E-state index in [9.17, 15) is 0 Å². The largest absolute Gasteiger partial charge is 0.268 e. The van der Waals surface area contributed by atoms with Crippen molar-refractivity contribution in [3.8, 4) is 0 Å². The molecule has 1 aromatic heterocycles. The van der Waals surface area contributed by atoms with Gasteiger partial charge in [-0.2, -0.15) is 5.10 Å². The molecule has 0 aliphatic heterocycles. The van der Waals surface area contributed by atoms with Crippen molar-refractivity contribution in [2.24, 2.45) is 0 Å². The Hall–Kier alpha value is -1.57. The van der Waals surface area contributed by atoms with E-state index in [-0.39, 0.29) is 0 Å². The second-order valence-corrected chi connectivity index (χ2v) is 4.21. The van der Waals surface area contributed by atoms with Gasteiger partial charge >= 0.3 is 0 Å². The number of rotatable bonds is 2. The van der Waals surface area contributed by atoms with Crippen LogP contribution in [0, 0.1) is 20.8 Å². The smallest absolute Gasteiger partial charge is 0.0659 e. The molecule has 0 saturated carbocycles. The predicted octanol–water partition coefficient (Wildman–Crippen LogP) is 2.86.